The molecule has 1 aromatic carbocycles. The lowest BCUT2D eigenvalue weighted by Gasteiger charge is -2.23. The van der Waals surface area contributed by atoms with Crippen LogP contribution in [0.25, 0.3) is 0 Å². The number of benzene rings is 1. The number of hydrogen-bond acceptors (Lipinski definition) is 2. The zero-order chi connectivity index (χ0) is 10.7. The molecule has 3 N–H and O–H groups in total. The molecule has 1 aromatic rings. The van der Waals surface area contributed by atoms with Gasteiger partial charge in [-0.05, 0) is 24.9 Å². The van der Waals surface area contributed by atoms with E-state index in [1.807, 2.05) is 18.2 Å². The minimum Gasteiger partial charge on any atom is -0.386 e. The molecule has 15 heavy (non-hydrogen) atoms. The molecule has 0 aliphatic carbocycles. The Labute approximate surface area is 90.4 Å². The molecule has 1 aliphatic rings. The molecule has 3 heteroatoms. The molecule has 1 saturated heterocycles. The van der Waals surface area contributed by atoms with Crippen LogP contribution in [-0.4, -0.2) is 23.3 Å². The molecular weight excluding hydrogens is 186 g/mol. The van der Waals surface area contributed by atoms with E-state index in [0.29, 0.717) is 5.84 Å². The summed E-state index contributed by atoms with van der Waals surface area (Å²) in [6.45, 7) is 1.96. The number of nitrogens with two attached hydrogens (primary N) is 1. The van der Waals surface area contributed by atoms with Crippen LogP contribution < -0.4 is 5.73 Å². The normalized spacial score (nSPS) is 21.7. The lowest BCUT2D eigenvalue weighted by atomic mass is 10.1. The van der Waals surface area contributed by atoms with Crippen LogP contribution in [0.5, 0.6) is 0 Å². The van der Waals surface area contributed by atoms with Crippen LogP contribution in [0.15, 0.2) is 30.3 Å². The molecular formula is C12H17N3. The molecule has 1 unspecified atom stereocenters. The van der Waals surface area contributed by atoms with Gasteiger partial charge in [0.05, 0.1) is 6.04 Å². The molecule has 0 amide bonds. The van der Waals surface area contributed by atoms with Gasteiger partial charge in [0.2, 0.25) is 0 Å². The molecule has 2 rings (SSSR count). The summed E-state index contributed by atoms with van der Waals surface area (Å²) in [6, 6.07) is 10.5. The lowest BCUT2D eigenvalue weighted by Crippen LogP contribution is -2.39. The van der Waals surface area contributed by atoms with Crippen molar-refractivity contribution in [2.45, 2.75) is 25.4 Å². The van der Waals surface area contributed by atoms with Gasteiger partial charge in [-0.15, -0.1) is 0 Å². The van der Waals surface area contributed by atoms with Crippen molar-refractivity contribution < 1.29 is 0 Å². The molecule has 80 valence electrons. The molecule has 1 heterocycles. The van der Waals surface area contributed by atoms with Crippen molar-refractivity contribution in [2.75, 3.05) is 6.54 Å². The van der Waals surface area contributed by atoms with Gasteiger partial charge in [0.25, 0.3) is 0 Å². The summed E-state index contributed by atoms with van der Waals surface area (Å²) < 4.78 is 0. The third kappa shape index (κ3) is 2.36. The molecule has 1 fully saturated rings. The van der Waals surface area contributed by atoms with E-state index in [1.165, 1.54) is 5.56 Å². The second-order valence-electron chi connectivity index (χ2n) is 4.07. The highest BCUT2D eigenvalue weighted by molar-refractivity contribution is 5.82. The average molecular weight is 203 g/mol. The minimum atomic E-state index is 0.158. The summed E-state index contributed by atoms with van der Waals surface area (Å²) in [7, 11) is 0. The first-order chi connectivity index (χ1) is 7.27. The molecule has 1 atom stereocenters. The molecule has 0 spiro atoms. The van der Waals surface area contributed by atoms with E-state index >= 15 is 0 Å². The van der Waals surface area contributed by atoms with E-state index in [0.717, 1.165) is 25.9 Å². The van der Waals surface area contributed by atoms with Gasteiger partial charge in [0.15, 0.2) is 0 Å². The van der Waals surface area contributed by atoms with Crippen LogP contribution in [-0.2, 0) is 6.54 Å². The van der Waals surface area contributed by atoms with Gasteiger partial charge in [0.1, 0.15) is 5.84 Å². The van der Waals surface area contributed by atoms with Crippen molar-refractivity contribution in [1.82, 2.24) is 4.90 Å². The van der Waals surface area contributed by atoms with E-state index in [9.17, 15) is 0 Å². The van der Waals surface area contributed by atoms with Gasteiger partial charge in [-0.25, -0.2) is 0 Å². The first-order valence-corrected chi connectivity index (χ1v) is 5.39. The zero-order valence-corrected chi connectivity index (χ0v) is 8.82. The SMILES string of the molecule is N=C(N)C1CCCN1Cc1ccccc1. The Balaban J connectivity index is 2.03. The summed E-state index contributed by atoms with van der Waals surface area (Å²) in [6.07, 6.45) is 2.18. The lowest BCUT2D eigenvalue weighted by molar-refractivity contribution is 0.292. The first kappa shape index (κ1) is 10.2. The third-order valence-electron chi connectivity index (χ3n) is 2.95. The topological polar surface area (TPSA) is 53.1 Å². The largest absolute Gasteiger partial charge is 0.386 e. The van der Waals surface area contributed by atoms with E-state index in [2.05, 4.69) is 17.0 Å². The first-order valence-electron chi connectivity index (χ1n) is 5.39. The maximum absolute atomic E-state index is 7.52. The Kier molecular flexibility index (Phi) is 3.02. The van der Waals surface area contributed by atoms with Crippen molar-refractivity contribution in [2.24, 2.45) is 5.73 Å². The second kappa shape index (κ2) is 4.45. The van der Waals surface area contributed by atoms with E-state index in [-0.39, 0.29) is 6.04 Å². The molecule has 0 bridgehead atoms. The fourth-order valence-corrected chi connectivity index (χ4v) is 2.19. The fourth-order valence-electron chi connectivity index (χ4n) is 2.19. The van der Waals surface area contributed by atoms with Gasteiger partial charge >= 0.3 is 0 Å². The summed E-state index contributed by atoms with van der Waals surface area (Å²) >= 11 is 0. The van der Waals surface area contributed by atoms with Gasteiger partial charge in [-0.2, -0.15) is 0 Å². The predicted molar refractivity (Wildman–Crippen MR) is 61.8 cm³/mol. The summed E-state index contributed by atoms with van der Waals surface area (Å²) in [4.78, 5) is 2.29. The number of likely N-dealkylation sites (tertiary alicyclic amines) is 1. The van der Waals surface area contributed by atoms with Crippen LogP contribution in [0.2, 0.25) is 0 Å². The number of amidine groups is 1. The number of hydrogen-bond donors (Lipinski definition) is 2. The zero-order valence-electron chi connectivity index (χ0n) is 8.82. The van der Waals surface area contributed by atoms with E-state index in [1.54, 1.807) is 0 Å². The third-order valence-corrected chi connectivity index (χ3v) is 2.95. The van der Waals surface area contributed by atoms with E-state index in [4.69, 9.17) is 11.1 Å². The van der Waals surface area contributed by atoms with Crippen molar-refractivity contribution in [3.05, 3.63) is 35.9 Å². The van der Waals surface area contributed by atoms with Crippen LogP contribution in [0.3, 0.4) is 0 Å². The van der Waals surface area contributed by atoms with Crippen molar-refractivity contribution in [1.29, 1.82) is 5.41 Å². The highest BCUT2D eigenvalue weighted by atomic mass is 15.2. The standard InChI is InChI=1S/C12H17N3/c13-12(14)11-7-4-8-15(11)9-10-5-2-1-3-6-10/h1-3,5-6,11H,4,7-9H2,(H3,13,14). The van der Waals surface area contributed by atoms with Crippen molar-refractivity contribution >= 4 is 5.84 Å². The van der Waals surface area contributed by atoms with Crippen molar-refractivity contribution in [3.63, 3.8) is 0 Å². The van der Waals surface area contributed by atoms with Gasteiger partial charge < -0.3 is 5.73 Å². The van der Waals surface area contributed by atoms with E-state index < -0.39 is 0 Å². The quantitative estimate of drug-likeness (QED) is 0.579. The van der Waals surface area contributed by atoms with Gasteiger partial charge in [-0.3, -0.25) is 10.3 Å². The Morgan fingerprint density at radius 1 is 1.40 bits per heavy atom. The number of rotatable bonds is 3. The van der Waals surface area contributed by atoms with Gasteiger partial charge in [0, 0.05) is 6.54 Å². The Bertz CT molecular complexity index is 334. The highest BCUT2D eigenvalue weighted by Gasteiger charge is 2.26. The molecule has 0 saturated carbocycles. The minimum absolute atomic E-state index is 0.158. The van der Waals surface area contributed by atoms with Crippen LogP contribution in [0.1, 0.15) is 18.4 Å². The van der Waals surface area contributed by atoms with Crippen LogP contribution in [0, 0.1) is 5.41 Å². The molecule has 0 radical (unpaired) electrons. The van der Waals surface area contributed by atoms with Crippen molar-refractivity contribution in [3.8, 4) is 0 Å². The number of nitrogens with one attached hydrogen (secondary N) is 1. The predicted octanol–water partition coefficient (Wildman–Crippen LogP) is 1.59. The van der Waals surface area contributed by atoms with Crippen LogP contribution >= 0.6 is 0 Å². The van der Waals surface area contributed by atoms with Gasteiger partial charge in [-0.1, -0.05) is 30.3 Å². The average Bonchev–Trinajstić information content (AvgIpc) is 2.67. The monoisotopic (exact) mass is 203 g/mol. The Morgan fingerprint density at radius 3 is 2.80 bits per heavy atom. The molecule has 1 aliphatic heterocycles. The highest BCUT2D eigenvalue weighted by Crippen LogP contribution is 2.19. The maximum atomic E-state index is 7.52. The fraction of sp³-hybridized carbons (Fsp3) is 0.417. The molecule has 0 aromatic heterocycles. The summed E-state index contributed by atoms with van der Waals surface area (Å²) in [5.41, 5.74) is 6.88. The maximum Gasteiger partial charge on any atom is 0.108 e. The Hall–Kier alpha value is -1.35. The summed E-state index contributed by atoms with van der Waals surface area (Å²) in [5.74, 6) is 0.309. The molecule has 3 nitrogen and oxygen atoms in total. The smallest absolute Gasteiger partial charge is 0.108 e. The summed E-state index contributed by atoms with van der Waals surface area (Å²) in [5, 5.41) is 7.52. The second-order valence-corrected chi connectivity index (χ2v) is 4.07. The Morgan fingerprint density at radius 2 is 2.13 bits per heavy atom. The number of nitrogens with zero attached hydrogens (tertiary/aromatic N) is 1. The van der Waals surface area contributed by atoms with Crippen LogP contribution in [0.4, 0.5) is 0 Å².